The monoisotopic (exact) mass is 542 g/mol. The zero-order chi connectivity index (χ0) is 28.4. The average Bonchev–Trinajstić information content (AvgIpc) is 2.93. The zero-order valence-electron chi connectivity index (χ0n) is 21.3. The van der Waals surface area contributed by atoms with Crippen molar-refractivity contribution in [3.8, 4) is 23.0 Å². The average molecular weight is 543 g/mol. The Hall–Kier alpha value is -2.68. The van der Waals surface area contributed by atoms with Gasteiger partial charge in [-0.3, -0.25) is 0 Å². The summed E-state index contributed by atoms with van der Waals surface area (Å²) in [5, 5.41) is 83.7. The standard InChI is InChI=1S/C20H26O6.C6H12O6/c1-25-19-9-13(3-5-17(19)23)7-15(11-21)16(12-22)8-14-4-6-18(24)20(10-14)26-2;7-1-2-3(8)4(9)5(10)6(11)12-2/h3-6,9-10,15-16,21-24H,7-8,11-12H2,1-2H3;2-11H,1H2/t15-,16?;2-,3-,4+,5-,6-/m11/s1. The highest BCUT2D eigenvalue weighted by Crippen LogP contribution is 2.31. The van der Waals surface area contributed by atoms with E-state index in [1.807, 2.05) is 0 Å². The van der Waals surface area contributed by atoms with Crippen molar-refractivity contribution in [2.24, 2.45) is 11.8 Å². The van der Waals surface area contributed by atoms with E-state index in [4.69, 9.17) is 35.0 Å². The Morgan fingerprint density at radius 3 is 1.53 bits per heavy atom. The first-order chi connectivity index (χ1) is 18.1. The predicted molar refractivity (Wildman–Crippen MR) is 134 cm³/mol. The number of aliphatic hydroxyl groups is 7. The maximum atomic E-state index is 9.84. The molecule has 7 atom stereocenters. The van der Waals surface area contributed by atoms with Crippen molar-refractivity contribution in [1.82, 2.24) is 0 Å². The third kappa shape index (κ3) is 8.16. The van der Waals surface area contributed by atoms with Gasteiger partial charge in [-0.25, -0.2) is 0 Å². The lowest BCUT2D eigenvalue weighted by molar-refractivity contribution is -0.286. The van der Waals surface area contributed by atoms with Crippen molar-refractivity contribution in [2.45, 2.75) is 43.5 Å². The van der Waals surface area contributed by atoms with Gasteiger partial charge in [0.2, 0.25) is 0 Å². The Kier molecular flexibility index (Phi) is 12.5. The van der Waals surface area contributed by atoms with Crippen LogP contribution >= 0.6 is 0 Å². The van der Waals surface area contributed by atoms with Gasteiger partial charge in [-0.15, -0.1) is 0 Å². The molecule has 214 valence electrons. The van der Waals surface area contributed by atoms with Gasteiger partial charge in [0, 0.05) is 13.2 Å². The van der Waals surface area contributed by atoms with E-state index >= 15 is 0 Å². The van der Waals surface area contributed by atoms with Gasteiger partial charge in [0.05, 0.1) is 20.8 Å². The zero-order valence-corrected chi connectivity index (χ0v) is 21.3. The second-order valence-electron chi connectivity index (χ2n) is 9.03. The number of aromatic hydroxyl groups is 2. The Bertz CT molecular complexity index is 920. The van der Waals surface area contributed by atoms with Crippen molar-refractivity contribution in [3.63, 3.8) is 0 Å². The van der Waals surface area contributed by atoms with Gasteiger partial charge in [0.25, 0.3) is 0 Å². The number of phenols is 2. The predicted octanol–water partition coefficient (Wildman–Crippen LogP) is -1.10. The lowest BCUT2D eigenvalue weighted by Crippen LogP contribution is -2.58. The lowest BCUT2D eigenvalue weighted by atomic mass is 9.83. The summed E-state index contributed by atoms with van der Waals surface area (Å²) in [7, 11) is 2.97. The third-order valence-electron chi connectivity index (χ3n) is 6.49. The molecule has 0 spiro atoms. The first-order valence-corrected chi connectivity index (χ1v) is 12.0. The molecular formula is C26H38O12. The lowest BCUT2D eigenvalue weighted by Gasteiger charge is -2.37. The van der Waals surface area contributed by atoms with E-state index in [9.17, 15) is 20.4 Å². The van der Waals surface area contributed by atoms with Crippen LogP contribution in [-0.4, -0.2) is 111 Å². The molecule has 1 aliphatic heterocycles. The smallest absolute Gasteiger partial charge is 0.184 e. The minimum absolute atomic E-state index is 0.0618. The molecule has 1 heterocycles. The van der Waals surface area contributed by atoms with Gasteiger partial charge in [-0.2, -0.15) is 0 Å². The van der Waals surface area contributed by atoms with Crippen molar-refractivity contribution in [3.05, 3.63) is 47.5 Å². The molecule has 0 aliphatic carbocycles. The van der Waals surface area contributed by atoms with E-state index in [1.54, 1.807) is 36.4 Å². The van der Waals surface area contributed by atoms with Crippen LogP contribution in [0.15, 0.2) is 36.4 Å². The summed E-state index contributed by atoms with van der Waals surface area (Å²) in [5.74, 6) is 0.535. The maximum Gasteiger partial charge on any atom is 0.184 e. The summed E-state index contributed by atoms with van der Waals surface area (Å²) >= 11 is 0. The molecule has 0 radical (unpaired) electrons. The van der Waals surface area contributed by atoms with Crippen LogP contribution < -0.4 is 9.47 Å². The van der Waals surface area contributed by atoms with E-state index in [0.717, 1.165) is 11.1 Å². The molecule has 1 fully saturated rings. The van der Waals surface area contributed by atoms with Gasteiger partial charge >= 0.3 is 0 Å². The van der Waals surface area contributed by atoms with E-state index in [0.29, 0.717) is 24.3 Å². The topological polar surface area (TPSA) is 210 Å². The molecule has 2 aromatic carbocycles. The molecule has 0 bridgehead atoms. The molecule has 3 rings (SSSR count). The number of phenolic OH excluding ortho intramolecular Hbond substituents is 2. The Labute approximate surface area is 220 Å². The normalized spacial score (nSPS) is 24.6. The Balaban J connectivity index is 0.000000352. The first kappa shape index (κ1) is 31.5. The minimum atomic E-state index is -1.57. The fraction of sp³-hybridized carbons (Fsp3) is 0.538. The molecule has 38 heavy (non-hydrogen) atoms. The summed E-state index contributed by atoms with van der Waals surface area (Å²) in [4.78, 5) is 0. The number of methoxy groups -OCH3 is 2. The van der Waals surface area contributed by atoms with Crippen LogP contribution in [0.1, 0.15) is 11.1 Å². The second-order valence-corrected chi connectivity index (χ2v) is 9.03. The summed E-state index contributed by atoms with van der Waals surface area (Å²) in [6.45, 7) is -0.685. The van der Waals surface area contributed by atoms with E-state index < -0.39 is 37.3 Å². The number of aliphatic hydroxyl groups excluding tert-OH is 7. The van der Waals surface area contributed by atoms with Crippen LogP contribution in [0.25, 0.3) is 0 Å². The van der Waals surface area contributed by atoms with E-state index in [-0.39, 0.29) is 36.5 Å². The fourth-order valence-corrected chi connectivity index (χ4v) is 4.15. The van der Waals surface area contributed by atoms with Gasteiger partial charge in [-0.1, -0.05) is 12.1 Å². The fourth-order valence-electron chi connectivity index (χ4n) is 4.15. The number of ether oxygens (including phenoxy) is 3. The van der Waals surface area contributed by atoms with Crippen LogP contribution in [0.5, 0.6) is 23.0 Å². The van der Waals surface area contributed by atoms with Crippen molar-refractivity contribution in [2.75, 3.05) is 34.0 Å². The highest BCUT2D eigenvalue weighted by molar-refractivity contribution is 5.43. The van der Waals surface area contributed by atoms with Crippen LogP contribution in [-0.2, 0) is 17.6 Å². The molecule has 0 amide bonds. The van der Waals surface area contributed by atoms with Gasteiger partial charge in [-0.05, 0) is 60.1 Å². The maximum absolute atomic E-state index is 9.84. The van der Waals surface area contributed by atoms with Crippen molar-refractivity contribution >= 4 is 0 Å². The molecule has 0 saturated carbocycles. The van der Waals surface area contributed by atoms with Crippen LogP contribution in [0, 0.1) is 11.8 Å². The molecule has 1 aliphatic rings. The molecule has 12 nitrogen and oxygen atoms in total. The molecule has 9 N–H and O–H groups in total. The van der Waals surface area contributed by atoms with E-state index in [1.165, 1.54) is 14.2 Å². The van der Waals surface area contributed by atoms with Crippen LogP contribution in [0.4, 0.5) is 0 Å². The largest absolute Gasteiger partial charge is 0.504 e. The molecular weight excluding hydrogens is 504 g/mol. The van der Waals surface area contributed by atoms with Gasteiger partial charge in [0.15, 0.2) is 29.3 Å². The molecule has 2 aromatic rings. The Morgan fingerprint density at radius 1 is 0.711 bits per heavy atom. The molecule has 0 aromatic heterocycles. The van der Waals surface area contributed by atoms with Crippen molar-refractivity contribution < 1.29 is 60.2 Å². The summed E-state index contributed by atoms with van der Waals surface area (Å²) in [6, 6.07) is 10.1. The second kappa shape index (κ2) is 15.0. The summed E-state index contributed by atoms with van der Waals surface area (Å²) in [5.41, 5.74) is 1.81. The summed E-state index contributed by atoms with van der Waals surface area (Å²) in [6.07, 6.45) is -5.97. The number of benzene rings is 2. The molecule has 1 unspecified atom stereocenters. The quantitative estimate of drug-likeness (QED) is 0.175. The third-order valence-corrected chi connectivity index (χ3v) is 6.49. The Morgan fingerprint density at radius 2 is 1.16 bits per heavy atom. The molecule has 12 heteroatoms. The highest BCUT2D eigenvalue weighted by atomic mass is 16.6. The summed E-state index contributed by atoms with van der Waals surface area (Å²) < 4.78 is 14.8. The van der Waals surface area contributed by atoms with Gasteiger partial charge in [0.1, 0.15) is 24.4 Å². The number of hydrogen-bond acceptors (Lipinski definition) is 12. The minimum Gasteiger partial charge on any atom is -0.504 e. The molecule has 1 saturated heterocycles. The van der Waals surface area contributed by atoms with Crippen molar-refractivity contribution in [1.29, 1.82) is 0 Å². The highest BCUT2D eigenvalue weighted by Gasteiger charge is 2.42. The van der Waals surface area contributed by atoms with E-state index in [2.05, 4.69) is 4.74 Å². The van der Waals surface area contributed by atoms with Crippen LogP contribution in [0.3, 0.4) is 0 Å². The number of hydrogen-bond donors (Lipinski definition) is 9. The number of rotatable bonds is 10. The van der Waals surface area contributed by atoms with Crippen LogP contribution in [0.2, 0.25) is 0 Å². The first-order valence-electron chi connectivity index (χ1n) is 12.0. The SMILES string of the molecule is COc1cc(CC(CO)[C@@H](CO)Cc2ccc(O)c(OC)c2)ccc1O.OC[C@H]1O[C@@H](O)[C@H](O)[C@@H](O)[C@@H]1O. The van der Waals surface area contributed by atoms with Gasteiger partial charge < -0.3 is 60.2 Å².